The molecule has 4 heteroatoms. The lowest BCUT2D eigenvalue weighted by Gasteiger charge is -2.32. The number of ether oxygens (including phenoxy) is 2. The van der Waals surface area contributed by atoms with Gasteiger partial charge in [0.05, 0.1) is 12.7 Å². The van der Waals surface area contributed by atoms with Crippen molar-refractivity contribution in [2.24, 2.45) is 0 Å². The van der Waals surface area contributed by atoms with Crippen LogP contribution in [-0.4, -0.2) is 24.6 Å². The maximum Gasteiger partial charge on any atom is 0.350 e. The molecule has 0 aromatic heterocycles. The molecule has 2 rings (SSSR count). The Balaban J connectivity index is 2.50. The molecule has 0 aliphatic carbocycles. The summed E-state index contributed by atoms with van der Waals surface area (Å²) >= 11 is 0. The van der Waals surface area contributed by atoms with Crippen molar-refractivity contribution in [3.8, 4) is 0 Å². The standard InChI is InChI=1S/C14H16O4/c1-4-9-6-5-7-10-11(9)8-14(2,13(16)17-3)18-12(10)15/h5-7H,4,8H2,1-3H3. The fourth-order valence-corrected chi connectivity index (χ4v) is 2.33. The lowest BCUT2D eigenvalue weighted by Crippen LogP contribution is -2.46. The average Bonchev–Trinajstić information content (AvgIpc) is 2.37. The summed E-state index contributed by atoms with van der Waals surface area (Å²) in [5.41, 5.74) is 1.29. The fourth-order valence-electron chi connectivity index (χ4n) is 2.33. The summed E-state index contributed by atoms with van der Waals surface area (Å²) in [5.74, 6) is -0.980. The van der Waals surface area contributed by atoms with Crippen molar-refractivity contribution in [3.63, 3.8) is 0 Å². The van der Waals surface area contributed by atoms with E-state index in [0.717, 1.165) is 17.5 Å². The Hall–Kier alpha value is -1.84. The smallest absolute Gasteiger partial charge is 0.350 e. The van der Waals surface area contributed by atoms with Crippen LogP contribution in [0.15, 0.2) is 18.2 Å². The van der Waals surface area contributed by atoms with Gasteiger partial charge >= 0.3 is 11.9 Å². The van der Waals surface area contributed by atoms with Crippen molar-refractivity contribution in [1.29, 1.82) is 0 Å². The minimum Gasteiger partial charge on any atom is -0.466 e. The second-order valence-corrected chi connectivity index (χ2v) is 4.59. The van der Waals surface area contributed by atoms with Crippen LogP contribution in [0.4, 0.5) is 0 Å². The van der Waals surface area contributed by atoms with E-state index in [1.54, 1.807) is 13.0 Å². The van der Waals surface area contributed by atoms with E-state index < -0.39 is 17.5 Å². The van der Waals surface area contributed by atoms with Gasteiger partial charge in [0.2, 0.25) is 5.60 Å². The average molecular weight is 248 g/mol. The molecule has 0 saturated heterocycles. The lowest BCUT2D eigenvalue weighted by molar-refractivity contribution is -0.161. The minimum absolute atomic E-state index is 0.366. The van der Waals surface area contributed by atoms with Crippen molar-refractivity contribution in [3.05, 3.63) is 34.9 Å². The van der Waals surface area contributed by atoms with Gasteiger partial charge in [0.15, 0.2) is 0 Å². The first-order chi connectivity index (χ1) is 8.51. The van der Waals surface area contributed by atoms with Gasteiger partial charge < -0.3 is 9.47 Å². The van der Waals surface area contributed by atoms with Gasteiger partial charge in [-0.1, -0.05) is 19.1 Å². The Morgan fingerprint density at radius 3 is 2.83 bits per heavy atom. The van der Waals surface area contributed by atoms with Crippen molar-refractivity contribution < 1.29 is 19.1 Å². The molecule has 0 saturated carbocycles. The summed E-state index contributed by atoms with van der Waals surface area (Å²) in [6.45, 7) is 3.61. The first-order valence-electron chi connectivity index (χ1n) is 5.94. The third-order valence-corrected chi connectivity index (χ3v) is 3.32. The first kappa shape index (κ1) is 12.6. The second-order valence-electron chi connectivity index (χ2n) is 4.59. The molecule has 0 N–H and O–H groups in total. The molecule has 1 aliphatic heterocycles. The lowest BCUT2D eigenvalue weighted by atomic mass is 9.86. The molecule has 1 aliphatic rings. The molecule has 1 aromatic rings. The van der Waals surface area contributed by atoms with Crippen molar-refractivity contribution in [2.45, 2.75) is 32.3 Å². The molecule has 1 aromatic carbocycles. The molecule has 0 radical (unpaired) electrons. The van der Waals surface area contributed by atoms with Gasteiger partial charge in [-0.05, 0) is 30.5 Å². The van der Waals surface area contributed by atoms with E-state index in [-0.39, 0.29) is 0 Å². The second kappa shape index (κ2) is 4.44. The van der Waals surface area contributed by atoms with E-state index in [9.17, 15) is 9.59 Å². The third kappa shape index (κ3) is 1.88. The number of aryl methyl sites for hydroxylation is 1. The molecule has 0 spiro atoms. The zero-order valence-corrected chi connectivity index (χ0v) is 10.8. The molecule has 0 amide bonds. The highest BCUT2D eigenvalue weighted by atomic mass is 16.6. The maximum absolute atomic E-state index is 12.0. The highest BCUT2D eigenvalue weighted by Gasteiger charge is 2.44. The number of fused-ring (bicyclic) bond motifs is 1. The summed E-state index contributed by atoms with van der Waals surface area (Å²) in [6.07, 6.45) is 1.18. The highest BCUT2D eigenvalue weighted by molar-refractivity contribution is 5.96. The van der Waals surface area contributed by atoms with E-state index in [1.807, 2.05) is 19.1 Å². The molecule has 1 unspecified atom stereocenters. The normalized spacial score (nSPS) is 22.1. The monoisotopic (exact) mass is 248 g/mol. The van der Waals surface area contributed by atoms with Gasteiger partial charge in [-0.15, -0.1) is 0 Å². The molecule has 18 heavy (non-hydrogen) atoms. The summed E-state index contributed by atoms with van der Waals surface area (Å²) in [7, 11) is 1.29. The van der Waals surface area contributed by atoms with Gasteiger partial charge in [-0.3, -0.25) is 0 Å². The number of rotatable bonds is 2. The number of carbonyl (C=O) groups is 2. The molecule has 0 bridgehead atoms. The van der Waals surface area contributed by atoms with E-state index in [2.05, 4.69) is 0 Å². The van der Waals surface area contributed by atoms with E-state index in [0.29, 0.717) is 12.0 Å². The number of cyclic esters (lactones) is 1. The number of hydrogen-bond acceptors (Lipinski definition) is 4. The van der Waals surface area contributed by atoms with Crippen molar-refractivity contribution in [2.75, 3.05) is 7.11 Å². The quantitative estimate of drug-likeness (QED) is 0.750. The summed E-state index contributed by atoms with van der Waals surface area (Å²) < 4.78 is 9.95. The van der Waals surface area contributed by atoms with Crippen LogP contribution in [-0.2, 0) is 27.1 Å². The first-order valence-corrected chi connectivity index (χ1v) is 5.94. The van der Waals surface area contributed by atoms with Gasteiger partial charge in [0.25, 0.3) is 0 Å². The van der Waals surface area contributed by atoms with Crippen molar-refractivity contribution in [1.82, 2.24) is 0 Å². The molecular formula is C14H16O4. The molecule has 1 heterocycles. The SMILES string of the molecule is CCc1cccc2c1CC(C)(C(=O)OC)OC2=O. The van der Waals surface area contributed by atoms with Crippen LogP contribution in [0.2, 0.25) is 0 Å². The number of carbonyl (C=O) groups excluding carboxylic acids is 2. The highest BCUT2D eigenvalue weighted by Crippen LogP contribution is 2.31. The predicted molar refractivity (Wildman–Crippen MR) is 65.4 cm³/mol. The van der Waals surface area contributed by atoms with Crippen LogP contribution in [0.25, 0.3) is 0 Å². The number of methoxy groups -OCH3 is 1. The van der Waals surface area contributed by atoms with Crippen LogP contribution in [0, 0.1) is 0 Å². The van der Waals surface area contributed by atoms with Gasteiger partial charge in [0, 0.05) is 6.42 Å². The topological polar surface area (TPSA) is 52.6 Å². The summed E-state index contributed by atoms with van der Waals surface area (Å²) in [6, 6.07) is 5.53. The third-order valence-electron chi connectivity index (χ3n) is 3.32. The fraction of sp³-hybridized carbons (Fsp3) is 0.429. The van der Waals surface area contributed by atoms with Crippen LogP contribution in [0.5, 0.6) is 0 Å². The van der Waals surface area contributed by atoms with Gasteiger partial charge in [-0.2, -0.15) is 0 Å². The van der Waals surface area contributed by atoms with Crippen LogP contribution < -0.4 is 0 Å². The van der Waals surface area contributed by atoms with Crippen LogP contribution in [0.1, 0.15) is 35.3 Å². The minimum atomic E-state index is -1.22. The molecular weight excluding hydrogens is 232 g/mol. The summed E-state index contributed by atoms with van der Waals surface area (Å²) in [4.78, 5) is 23.7. The van der Waals surface area contributed by atoms with Crippen molar-refractivity contribution >= 4 is 11.9 Å². The molecule has 1 atom stereocenters. The Labute approximate surface area is 106 Å². The summed E-state index contributed by atoms with van der Waals surface area (Å²) in [5, 5.41) is 0. The Morgan fingerprint density at radius 2 is 2.22 bits per heavy atom. The predicted octanol–water partition coefficient (Wildman–Crippen LogP) is 1.89. The molecule has 4 nitrogen and oxygen atoms in total. The van der Waals surface area contributed by atoms with Crippen LogP contribution >= 0.6 is 0 Å². The molecule has 96 valence electrons. The van der Waals surface area contributed by atoms with E-state index >= 15 is 0 Å². The Kier molecular flexibility index (Phi) is 3.11. The maximum atomic E-state index is 12.0. The number of esters is 2. The van der Waals surface area contributed by atoms with Gasteiger partial charge in [0.1, 0.15) is 0 Å². The van der Waals surface area contributed by atoms with Crippen LogP contribution in [0.3, 0.4) is 0 Å². The Bertz CT molecular complexity index is 507. The Morgan fingerprint density at radius 1 is 1.50 bits per heavy atom. The van der Waals surface area contributed by atoms with E-state index in [4.69, 9.17) is 9.47 Å². The largest absolute Gasteiger partial charge is 0.466 e. The zero-order valence-electron chi connectivity index (χ0n) is 10.8. The number of benzene rings is 1. The van der Waals surface area contributed by atoms with Gasteiger partial charge in [-0.25, -0.2) is 9.59 Å². The zero-order chi connectivity index (χ0) is 13.3. The molecule has 0 fully saturated rings. The van der Waals surface area contributed by atoms with E-state index in [1.165, 1.54) is 7.11 Å². The number of hydrogen-bond donors (Lipinski definition) is 0.